The molecule has 0 spiro atoms. The molecule has 130 valence electrons. The van der Waals surface area contributed by atoms with Crippen molar-refractivity contribution >= 4 is 51.6 Å². The van der Waals surface area contributed by atoms with Crippen molar-refractivity contribution in [2.45, 2.75) is 27.2 Å². The van der Waals surface area contributed by atoms with Crippen LogP contribution in [0.1, 0.15) is 32.8 Å². The monoisotopic (exact) mass is 461 g/mol. The number of carbonyl (C=O) groups is 2. The maximum atomic E-state index is 12.3. The van der Waals surface area contributed by atoms with Gasteiger partial charge in [-0.15, -0.1) is 0 Å². The minimum absolute atomic E-state index is 0.209. The summed E-state index contributed by atoms with van der Waals surface area (Å²) in [4.78, 5) is 26.0. The molecular weight excluding hydrogens is 441 g/mol. The molecule has 0 bridgehead atoms. The van der Waals surface area contributed by atoms with E-state index in [1.807, 2.05) is 32.9 Å². The summed E-state index contributed by atoms with van der Waals surface area (Å²) in [5, 5.41) is -0.209. The summed E-state index contributed by atoms with van der Waals surface area (Å²) in [6, 6.07) is 3.76. The molecule has 0 aliphatic carbocycles. The van der Waals surface area contributed by atoms with Gasteiger partial charge in [0, 0.05) is 6.54 Å². The summed E-state index contributed by atoms with van der Waals surface area (Å²) in [5.74, 6) is 1.12. The lowest BCUT2D eigenvalue weighted by Crippen LogP contribution is -2.28. The summed E-state index contributed by atoms with van der Waals surface area (Å²) in [5.41, 5.74) is 0.813. The second kappa shape index (κ2) is 8.75. The Balaban J connectivity index is 2.36. The fourth-order valence-electron chi connectivity index (χ4n) is 2.29. The number of hydrogen-bond donors (Lipinski definition) is 0. The molecule has 7 heteroatoms. The molecule has 0 radical (unpaired) electrons. The van der Waals surface area contributed by atoms with Crippen molar-refractivity contribution in [1.82, 2.24) is 4.90 Å². The van der Waals surface area contributed by atoms with E-state index in [1.54, 1.807) is 6.08 Å². The number of halogens is 1. The number of thioether (sulfide) groups is 1. The Bertz CT molecular complexity index is 675. The fraction of sp³-hybridized carbons (Fsp3) is 0.412. The van der Waals surface area contributed by atoms with Crippen molar-refractivity contribution in [3.63, 3.8) is 0 Å². The van der Waals surface area contributed by atoms with Gasteiger partial charge < -0.3 is 9.47 Å². The number of amides is 2. The molecule has 1 heterocycles. The van der Waals surface area contributed by atoms with Crippen LogP contribution in [0.3, 0.4) is 0 Å². The zero-order valence-corrected chi connectivity index (χ0v) is 16.9. The van der Waals surface area contributed by atoms with E-state index < -0.39 is 0 Å². The normalized spacial score (nSPS) is 16.2. The average molecular weight is 461 g/mol. The lowest BCUT2D eigenvalue weighted by molar-refractivity contribution is -0.122. The average Bonchev–Trinajstić information content (AvgIpc) is 2.79. The Morgan fingerprint density at radius 3 is 2.50 bits per heavy atom. The third kappa shape index (κ3) is 4.24. The van der Waals surface area contributed by atoms with Gasteiger partial charge in [-0.05, 0) is 78.4 Å². The van der Waals surface area contributed by atoms with Crippen molar-refractivity contribution in [2.75, 3.05) is 19.8 Å². The minimum Gasteiger partial charge on any atom is -0.490 e. The van der Waals surface area contributed by atoms with E-state index in [1.165, 1.54) is 4.90 Å². The minimum atomic E-state index is -0.228. The smallest absolute Gasteiger partial charge is 0.293 e. The van der Waals surface area contributed by atoms with Gasteiger partial charge in [-0.3, -0.25) is 14.5 Å². The molecule has 1 fully saturated rings. The van der Waals surface area contributed by atoms with Crippen LogP contribution in [0.2, 0.25) is 0 Å². The van der Waals surface area contributed by atoms with Gasteiger partial charge in [-0.1, -0.05) is 6.92 Å². The van der Waals surface area contributed by atoms with Crippen LogP contribution in [-0.2, 0) is 4.79 Å². The number of rotatable bonds is 7. The van der Waals surface area contributed by atoms with Crippen LogP contribution in [0.4, 0.5) is 4.79 Å². The molecule has 5 nitrogen and oxygen atoms in total. The van der Waals surface area contributed by atoms with Crippen LogP contribution in [-0.4, -0.2) is 35.8 Å². The van der Waals surface area contributed by atoms with Crippen LogP contribution in [0, 0.1) is 3.57 Å². The predicted octanol–water partition coefficient (Wildman–Crippen LogP) is 4.53. The maximum absolute atomic E-state index is 12.3. The largest absolute Gasteiger partial charge is 0.490 e. The number of hydrogen-bond acceptors (Lipinski definition) is 5. The number of carbonyl (C=O) groups excluding carboxylic acids is 2. The van der Waals surface area contributed by atoms with Crippen molar-refractivity contribution in [2.24, 2.45) is 0 Å². The molecule has 24 heavy (non-hydrogen) atoms. The van der Waals surface area contributed by atoms with E-state index in [9.17, 15) is 9.59 Å². The predicted molar refractivity (Wildman–Crippen MR) is 104 cm³/mol. The highest BCUT2D eigenvalue weighted by Gasteiger charge is 2.34. The Labute approximate surface area is 159 Å². The van der Waals surface area contributed by atoms with E-state index in [2.05, 4.69) is 22.6 Å². The molecule has 0 atom stereocenters. The SMILES string of the molecule is CCCN1C(=O)S/C(=C/c2cc(I)c(OCC)c(OCC)c2)C1=O. The molecule has 0 saturated carbocycles. The van der Waals surface area contributed by atoms with Crippen molar-refractivity contribution in [3.05, 3.63) is 26.2 Å². The number of nitrogens with zero attached hydrogens (tertiary/aromatic N) is 1. The number of benzene rings is 1. The topological polar surface area (TPSA) is 55.8 Å². The first-order valence-corrected chi connectivity index (χ1v) is 9.75. The first-order chi connectivity index (χ1) is 11.5. The zero-order chi connectivity index (χ0) is 17.7. The molecule has 1 aromatic carbocycles. The van der Waals surface area contributed by atoms with Gasteiger partial charge in [0.05, 0.1) is 21.7 Å². The molecule has 1 aliphatic heterocycles. The third-order valence-electron chi connectivity index (χ3n) is 3.24. The molecule has 1 saturated heterocycles. The van der Waals surface area contributed by atoms with Crippen molar-refractivity contribution < 1.29 is 19.1 Å². The van der Waals surface area contributed by atoms with Crippen molar-refractivity contribution in [1.29, 1.82) is 0 Å². The second-order valence-electron chi connectivity index (χ2n) is 5.03. The third-order valence-corrected chi connectivity index (χ3v) is 4.95. The Kier molecular flexibility index (Phi) is 6.97. The number of imide groups is 1. The van der Waals surface area contributed by atoms with Crippen LogP contribution in [0.15, 0.2) is 17.0 Å². The molecule has 2 rings (SSSR count). The van der Waals surface area contributed by atoms with E-state index in [4.69, 9.17) is 9.47 Å². The lowest BCUT2D eigenvalue weighted by Gasteiger charge is -2.13. The molecule has 0 N–H and O–H groups in total. The van der Waals surface area contributed by atoms with Gasteiger partial charge >= 0.3 is 0 Å². The molecule has 1 aromatic rings. The highest BCUT2D eigenvalue weighted by Crippen LogP contribution is 2.37. The van der Waals surface area contributed by atoms with E-state index in [0.29, 0.717) is 36.2 Å². The van der Waals surface area contributed by atoms with Crippen molar-refractivity contribution in [3.8, 4) is 11.5 Å². The lowest BCUT2D eigenvalue weighted by atomic mass is 10.2. The van der Waals surface area contributed by atoms with Crippen LogP contribution < -0.4 is 9.47 Å². The van der Waals surface area contributed by atoms with E-state index in [0.717, 1.165) is 27.3 Å². The molecule has 1 aliphatic rings. The van der Waals surface area contributed by atoms with Gasteiger partial charge in [0.15, 0.2) is 11.5 Å². The van der Waals surface area contributed by atoms with Gasteiger partial charge in [0.25, 0.3) is 11.1 Å². The zero-order valence-electron chi connectivity index (χ0n) is 13.9. The maximum Gasteiger partial charge on any atom is 0.293 e. The van der Waals surface area contributed by atoms with E-state index in [-0.39, 0.29) is 11.1 Å². The van der Waals surface area contributed by atoms with Crippen LogP contribution in [0.25, 0.3) is 6.08 Å². The van der Waals surface area contributed by atoms with Gasteiger partial charge in [-0.2, -0.15) is 0 Å². The van der Waals surface area contributed by atoms with Crippen LogP contribution in [0.5, 0.6) is 11.5 Å². The van der Waals surface area contributed by atoms with Gasteiger partial charge in [-0.25, -0.2) is 0 Å². The summed E-state index contributed by atoms with van der Waals surface area (Å²) in [7, 11) is 0. The summed E-state index contributed by atoms with van der Waals surface area (Å²) in [6.45, 7) is 7.29. The summed E-state index contributed by atoms with van der Waals surface area (Å²) in [6.07, 6.45) is 2.49. The number of ether oxygens (including phenoxy) is 2. The molecule has 0 unspecified atom stereocenters. The summed E-state index contributed by atoms with van der Waals surface area (Å²) < 4.78 is 12.2. The quantitative estimate of drug-likeness (QED) is 0.441. The second-order valence-corrected chi connectivity index (χ2v) is 7.18. The first kappa shape index (κ1) is 19.1. The molecule has 0 aromatic heterocycles. The highest BCUT2D eigenvalue weighted by molar-refractivity contribution is 14.1. The first-order valence-electron chi connectivity index (χ1n) is 7.86. The Morgan fingerprint density at radius 1 is 1.17 bits per heavy atom. The molecular formula is C17H20INO4S. The standard InChI is InChI=1S/C17H20INO4S/c1-4-7-19-16(20)14(24-17(19)21)10-11-8-12(18)15(23-6-3)13(9-11)22-5-2/h8-10H,4-7H2,1-3H3/b14-10+. The Morgan fingerprint density at radius 2 is 1.88 bits per heavy atom. The van der Waals surface area contributed by atoms with Gasteiger partial charge in [0.2, 0.25) is 0 Å². The fourth-order valence-corrected chi connectivity index (χ4v) is 3.93. The van der Waals surface area contributed by atoms with E-state index >= 15 is 0 Å². The van der Waals surface area contributed by atoms with Gasteiger partial charge in [0.1, 0.15) is 0 Å². The molecule has 2 amide bonds. The Hall–Kier alpha value is -1.22. The summed E-state index contributed by atoms with van der Waals surface area (Å²) >= 11 is 3.16. The van der Waals surface area contributed by atoms with Crippen LogP contribution >= 0.6 is 34.4 Å². The highest BCUT2D eigenvalue weighted by atomic mass is 127.